The van der Waals surface area contributed by atoms with Gasteiger partial charge in [-0.05, 0) is 47.4 Å². The fourth-order valence-corrected chi connectivity index (χ4v) is 6.94. The fraction of sp³-hybridized carbons (Fsp3) is 0.351. The Kier molecular flexibility index (Phi) is 10.1. The molecule has 2 fully saturated rings. The molecular formula is C37H41N13O4. The summed E-state index contributed by atoms with van der Waals surface area (Å²) in [6.07, 6.45) is 0.842. The number of carbonyl (C=O) groups is 1. The first-order valence-electron chi connectivity index (χ1n) is 18.0. The highest BCUT2D eigenvalue weighted by atomic mass is 16.6. The van der Waals surface area contributed by atoms with Crippen LogP contribution >= 0.6 is 0 Å². The predicted octanol–water partition coefficient (Wildman–Crippen LogP) is 2.54. The van der Waals surface area contributed by atoms with Gasteiger partial charge in [0.1, 0.15) is 12.2 Å². The summed E-state index contributed by atoms with van der Waals surface area (Å²) in [5.41, 5.74) is 4.09. The number of aryl methyl sites for hydroxylation is 1. The summed E-state index contributed by atoms with van der Waals surface area (Å²) in [6.45, 7) is 4.30. The highest BCUT2D eigenvalue weighted by Gasteiger charge is 2.47. The van der Waals surface area contributed by atoms with E-state index in [1.54, 1.807) is 17.0 Å². The van der Waals surface area contributed by atoms with Gasteiger partial charge in [-0.15, -0.1) is 10.2 Å². The Morgan fingerprint density at radius 2 is 1.72 bits per heavy atom. The van der Waals surface area contributed by atoms with E-state index in [4.69, 9.17) is 19.7 Å². The number of pyridine rings is 1. The van der Waals surface area contributed by atoms with E-state index in [0.717, 1.165) is 16.7 Å². The average molecular weight is 732 g/mol. The fourth-order valence-electron chi connectivity index (χ4n) is 6.94. The number of aliphatic hydroxyl groups excluding tert-OH is 2. The van der Waals surface area contributed by atoms with Gasteiger partial charge >= 0.3 is 6.03 Å². The van der Waals surface area contributed by atoms with Gasteiger partial charge in [-0.25, -0.2) is 9.78 Å². The third kappa shape index (κ3) is 7.28. The lowest BCUT2D eigenvalue weighted by molar-refractivity contribution is -0.0384. The number of tetrazole rings is 1. The number of anilines is 2. The molecular weight excluding hydrogens is 690 g/mol. The number of aliphatic hydroxyl groups is 2. The molecule has 0 radical (unpaired) electrons. The molecule has 2 aromatic carbocycles. The smallest absolute Gasteiger partial charge is 0.315 e. The number of benzene rings is 2. The quantitative estimate of drug-likeness (QED) is 0.123. The Bertz CT molecular complexity index is 2130. The van der Waals surface area contributed by atoms with Crippen LogP contribution in [0.5, 0.6) is 0 Å². The second kappa shape index (κ2) is 15.5. The average Bonchev–Trinajstić information content (AvgIpc) is 4.03. The number of imidazole rings is 1. The lowest BCUT2D eigenvalue weighted by Gasteiger charge is -2.22. The SMILES string of the molecule is CCn1nnc([C@H]2O[C@@H](n3cnc4c(NCC(c5ccccc5)c5ccccc5)nc(N5CC[C@@H](NC(=O)NCc6ccncc6)C5)nc43)[C@@H](O)[C@@H]2O)n1. The molecule has 5 N–H and O–H groups in total. The second-order valence-electron chi connectivity index (χ2n) is 13.3. The molecule has 54 heavy (non-hydrogen) atoms. The van der Waals surface area contributed by atoms with Crippen molar-refractivity contribution in [2.45, 2.75) is 62.9 Å². The Hall–Kier alpha value is -6.04. The van der Waals surface area contributed by atoms with E-state index in [1.165, 1.54) is 11.1 Å². The Morgan fingerprint density at radius 3 is 2.43 bits per heavy atom. The van der Waals surface area contributed by atoms with Crippen molar-refractivity contribution in [3.63, 3.8) is 0 Å². The van der Waals surface area contributed by atoms with Gasteiger partial charge in [0.2, 0.25) is 11.8 Å². The number of hydrogen-bond acceptors (Lipinski definition) is 13. The first-order chi connectivity index (χ1) is 26.4. The van der Waals surface area contributed by atoms with E-state index in [2.05, 4.69) is 60.6 Å². The van der Waals surface area contributed by atoms with Crippen molar-refractivity contribution in [3.8, 4) is 0 Å². The zero-order valence-electron chi connectivity index (χ0n) is 29.6. The summed E-state index contributed by atoms with van der Waals surface area (Å²) in [6, 6.07) is 23.8. The number of hydrogen-bond donors (Lipinski definition) is 5. The van der Waals surface area contributed by atoms with Gasteiger partial charge in [-0.1, -0.05) is 60.7 Å². The predicted molar refractivity (Wildman–Crippen MR) is 197 cm³/mol. The van der Waals surface area contributed by atoms with Crippen LogP contribution in [0.25, 0.3) is 11.2 Å². The third-order valence-corrected chi connectivity index (χ3v) is 9.81. The molecule has 5 atom stereocenters. The summed E-state index contributed by atoms with van der Waals surface area (Å²) < 4.78 is 7.81. The van der Waals surface area contributed by atoms with Gasteiger partial charge in [-0.3, -0.25) is 9.55 Å². The minimum atomic E-state index is -1.35. The number of amides is 2. The van der Waals surface area contributed by atoms with Crippen LogP contribution < -0.4 is 20.9 Å². The van der Waals surface area contributed by atoms with E-state index in [1.807, 2.05) is 60.4 Å². The van der Waals surface area contributed by atoms with Crippen molar-refractivity contribution < 1.29 is 19.7 Å². The largest absolute Gasteiger partial charge is 0.387 e. The van der Waals surface area contributed by atoms with Crippen LogP contribution in [-0.4, -0.2) is 98.8 Å². The van der Waals surface area contributed by atoms with Gasteiger partial charge in [-0.2, -0.15) is 14.8 Å². The lowest BCUT2D eigenvalue weighted by Crippen LogP contribution is -2.43. The van der Waals surface area contributed by atoms with Gasteiger partial charge in [0.25, 0.3) is 0 Å². The minimum absolute atomic E-state index is 0.00564. The van der Waals surface area contributed by atoms with Crippen LogP contribution in [-0.2, 0) is 17.8 Å². The molecule has 2 aliphatic heterocycles. The van der Waals surface area contributed by atoms with E-state index < -0.39 is 24.5 Å². The maximum atomic E-state index is 12.8. The molecule has 8 rings (SSSR count). The summed E-state index contributed by atoms with van der Waals surface area (Å²) in [7, 11) is 0. The molecule has 2 amide bonds. The Balaban J connectivity index is 1.08. The maximum absolute atomic E-state index is 12.8. The Labute approximate surface area is 310 Å². The molecule has 2 aliphatic rings. The van der Waals surface area contributed by atoms with Crippen molar-refractivity contribution in [1.82, 2.24) is 55.3 Å². The molecule has 2 saturated heterocycles. The number of aromatic nitrogens is 9. The van der Waals surface area contributed by atoms with E-state index in [9.17, 15) is 15.0 Å². The standard InChI is InChI=1S/C37H41N13O4/c1-2-50-46-33(45-47-50)31-29(51)30(52)35(54-31)49-22-41-28-32(39-20-27(24-9-5-3-6-10-24)25-11-7-4-8-12-25)43-36(44-34(28)49)48-18-15-26(21-48)42-37(53)40-19-23-13-16-38-17-14-23/h3-14,16-17,22,26-27,29-31,35,51-52H,2,15,18-21H2,1H3,(H,39,43,44)(H2,40,42,53)/t26-,29+,30+,31+,35-/m1/s1. The van der Waals surface area contributed by atoms with Crippen molar-refractivity contribution in [2.75, 3.05) is 29.9 Å². The number of carbonyl (C=O) groups excluding carboxylic acids is 1. The van der Waals surface area contributed by atoms with E-state index in [-0.39, 0.29) is 23.8 Å². The van der Waals surface area contributed by atoms with Crippen LogP contribution in [0, 0.1) is 0 Å². The summed E-state index contributed by atoms with van der Waals surface area (Å²) >= 11 is 0. The molecule has 0 unspecified atom stereocenters. The van der Waals surface area contributed by atoms with Crippen molar-refractivity contribution in [1.29, 1.82) is 0 Å². The first kappa shape index (κ1) is 35.0. The van der Waals surface area contributed by atoms with Crippen LogP contribution in [0.3, 0.4) is 0 Å². The zero-order chi connectivity index (χ0) is 37.0. The highest BCUT2D eigenvalue weighted by molar-refractivity contribution is 5.84. The van der Waals surface area contributed by atoms with Crippen molar-refractivity contribution in [3.05, 3.63) is 114 Å². The topological polar surface area (TPSA) is 206 Å². The summed E-state index contributed by atoms with van der Waals surface area (Å²) in [5.74, 6) is 1.07. The van der Waals surface area contributed by atoms with Crippen LogP contribution in [0.4, 0.5) is 16.6 Å². The van der Waals surface area contributed by atoms with Crippen molar-refractivity contribution in [2.24, 2.45) is 0 Å². The zero-order valence-corrected chi connectivity index (χ0v) is 29.6. The van der Waals surface area contributed by atoms with Gasteiger partial charge in [0.15, 0.2) is 29.3 Å². The monoisotopic (exact) mass is 731 g/mol. The van der Waals surface area contributed by atoms with Gasteiger partial charge in [0.05, 0.1) is 12.9 Å². The highest BCUT2D eigenvalue weighted by Crippen LogP contribution is 2.39. The molecule has 0 aliphatic carbocycles. The molecule has 0 spiro atoms. The molecule has 17 heteroatoms. The summed E-state index contributed by atoms with van der Waals surface area (Å²) in [4.78, 5) is 34.9. The van der Waals surface area contributed by atoms with E-state index >= 15 is 0 Å². The lowest BCUT2D eigenvalue weighted by atomic mass is 9.91. The van der Waals surface area contributed by atoms with Crippen LogP contribution in [0.15, 0.2) is 91.5 Å². The van der Waals surface area contributed by atoms with Crippen LogP contribution in [0.1, 0.15) is 54.1 Å². The van der Waals surface area contributed by atoms with Gasteiger partial charge in [0, 0.05) is 50.5 Å². The molecule has 0 saturated carbocycles. The second-order valence-corrected chi connectivity index (χ2v) is 13.3. The molecule has 0 bridgehead atoms. The number of fused-ring (bicyclic) bond motifs is 1. The number of nitrogens with zero attached hydrogens (tertiary/aromatic N) is 10. The molecule has 6 heterocycles. The number of rotatable bonds is 12. The number of ether oxygens (including phenoxy) is 1. The van der Waals surface area contributed by atoms with Crippen molar-refractivity contribution >= 4 is 29.0 Å². The first-order valence-corrected chi connectivity index (χ1v) is 18.0. The third-order valence-electron chi connectivity index (χ3n) is 9.81. The molecule has 4 aromatic heterocycles. The Morgan fingerprint density at radius 1 is 0.981 bits per heavy atom. The number of nitrogens with one attached hydrogen (secondary N) is 3. The van der Waals surface area contributed by atoms with E-state index in [0.29, 0.717) is 62.1 Å². The molecule has 17 nitrogen and oxygen atoms in total. The van der Waals surface area contributed by atoms with Gasteiger partial charge < -0.3 is 35.8 Å². The number of urea groups is 1. The molecule has 6 aromatic rings. The molecule has 278 valence electrons. The summed E-state index contributed by atoms with van der Waals surface area (Å²) in [5, 5.41) is 44.2. The maximum Gasteiger partial charge on any atom is 0.315 e. The minimum Gasteiger partial charge on any atom is -0.387 e. The van der Waals surface area contributed by atoms with Crippen LogP contribution in [0.2, 0.25) is 0 Å². The normalized spacial score (nSPS) is 21.2.